The minimum atomic E-state index is 0.362. The molecule has 0 aliphatic rings. The predicted octanol–water partition coefficient (Wildman–Crippen LogP) is 10.3. The van der Waals surface area contributed by atoms with E-state index in [2.05, 4.69) is 67.0 Å². The van der Waals surface area contributed by atoms with Gasteiger partial charge in [0.15, 0.2) is 0 Å². The Labute approximate surface area is 227 Å². The molecule has 0 unspecified atom stereocenters. The molecule has 170 valence electrons. The van der Waals surface area contributed by atoms with E-state index in [1.807, 2.05) is 84.9 Å². The third-order valence-corrected chi connectivity index (χ3v) is 7.15. The van der Waals surface area contributed by atoms with E-state index in [1.165, 1.54) is 0 Å². The van der Waals surface area contributed by atoms with Crippen LogP contribution in [-0.4, -0.2) is 0 Å². The molecule has 0 heterocycles. The lowest BCUT2D eigenvalue weighted by Crippen LogP contribution is -1.99. The first-order valence-electron chi connectivity index (χ1n) is 11.3. The molecular formula is C32H18Br2N2. The summed E-state index contributed by atoms with van der Waals surface area (Å²) in [5.41, 5.74) is 7.88. The highest BCUT2D eigenvalue weighted by Gasteiger charge is 2.27. The molecular weight excluding hydrogens is 572 g/mol. The molecule has 0 aromatic heterocycles. The SMILES string of the molecule is [C-]#[N+]c1c(C#N)c(-c2ccccc2)c(-c2ccc(Br)cc2)c(-c2ccc(Br)cc2)c1-c1ccccc1. The highest BCUT2D eigenvalue weighted by Crippen LogP contribution is 2.52. The normalized spacial score (nSPS) is 10.4. The van der Waals surface area contributed by atoms with Gasteiger partial charge in [-0.2, -0.15) is 5.26 Å². The average molecular weight is 590 g/mol. The van der Waals surface area contributed by atoms with Crippen molar-refractivity contribution in [2.75, 3.05) is 0 Å². The third kappa shape index (κ3) is 4.38. The number of benzene rings is 5. The Hall–Kier alpha value is -3.96. The van der Waals surface area contributed by atoms with Gasteiger partial charge in [-0.25, -0.2) is 4.85 Å². The molecule has 0 radical (unpaired) electrons. The molecule has 0 amide bonds. The molecule has 0 saturated heterocycles. The van der Waals surface area contributed by atoms with Crippen LogP contribution in [0.25, 0.3) is 49.4 Å². The lowest BCUT2D eigenvalue weighted by Gasteiger charge is -2.24. The molecule has 0 bridgehead atoms. The zero-order valence-electron chi connectivity index (χ0n) is 19.0. The van der Waals surface area contributed by atoms with E-state index < -0.39 is 0 Å². The number of rotatable bonds is 4. The Morgan fingerprint density at radius 2 is 0.917 bits per heavy atom. The van der Waals surface area contributed by atoms with Crippen molar-refractivity contribution in [2.24, 2.45) is 0 Å². The molecule has 5 aromatic rings. The number of nitriles is 1. The van der Waals surface area contributed by atoms with Crippen molar-refractivity contribution in [1.29, 1.82) is 5.26 Å². The van der Waals surface area contributed by atoms with Crippen molar-refractivity contribution in [1.82, 2.24) is 0 Å². The number of hydrogen-bond donors (Lipinski definition) is 0. The second-order valence-electron chi connectivity index (χ2n) is 8.19. The minimum absolute atomic E-state index is 0.362. The maximum Gasteiger partial charge on any atom is 0.213 e. The second-order valence-corrected chi connectivity index (χ2v) is 10.0. The van der Waals surface area contributed by atoms with E-state index in [9.17, 15) is 5.26 Å². The summed E-state index contributed by atoms with van der Waals surface area (Å²) < 4.78 is 1.94. The van der Waals surface area contributed by atoms with E-state index in [0.717, 1.165) is 53.5 Å². The molecule has 0 N–H and O–H groups in total. The second kappa shape index (κ2) is 10.3. The van der Waals surface area contributed by atoms with Gasteiger partial charge in [-0.1, -0.05) is 117 Å². The van der Waals surface area contributed by atoms with Gasteiger partial charge in [0, 0.05) is 8.95 Å². The topological polar surface area (TPSA) is 28.1 Å². The summed E-state index contributed by atoms with van der Waals surface area (Å²) in [5.74, 6) is 0. The lowest BCUT2D eigenvalue weighted by molar-refractivity contribution is 1.47. The summed E-state index contributed by atoms with van der Waals surface area (Å²) in [6, 6.07) is 38.4. The number of halogens is 2. The van der Waals surface area contributed by atoms with E-state index >= 15 is 0 Å². The summed E-state index contributed by atoms with van der Waals surface area (Å²) in [5, 5.41) is 10.5. The molecule has 2 nitrogen and oxygen atoms in total. The van der Waals surface area contributed by atoms with Gasteiger partial charge in [-0.05, 0) is 68.8 Å². The maximum absolute atomic E-state index is 10.5. The zero-order chi connectivity index (χ0) is 25.1. The van der Waals surface area contributed by atoms with Crippen molar-refractivity contribution < 1.29 is 0 Å². The fourth-order valence-electron chi connectivity index (χ4n) is 4.55. The Bertz CT molecular complexity index is 1500. The van der Waals surface area contributed by atoms with Crippen LogP contribution in [0.3, 0.4) is 0 Å². The summed E-state index contributed by atoms with van der Waals surface area (Å²) in [6.07, 6.45) is 0. The van der Waals surface area contributed by atoms with Gasteiger partial charge in [0.25, 0.3) is 0 Å². The molecule has 5 rings (SSSR count). The van der Waals surface area contributed by atoms with Gasteiger partial charge in [0.05, 0.1) is 18.2 Å². The molecule has 4 heteroatoms. The van der Waals surface area contributed by atoms with Crippen LogP contribution in [0.2, 0.25) is 0 Å². The molecule has 5 aromatic carbocycles. The van der Waals surface area contributed by atoms with Crippen molar-refractivity contribution >= 4 is 37.5 Å². The molecule has 0 spiro atoms. The summed E-state index contributed by atoms with van der Waals surface area (Å²) in [7, 11) is 0. The van der Waals surface area contributed by atoms with Gasteiger partial charge >= 0.3 is 0 Å². The average Bonchev–Trinajstić information content (AvgIpc) is 2.93. The van der Waals surface area contributed by atoms with Crippen LogP contribution in [0.1, 0.15) is 5.56 Å². The molecule has 0 saturated carbocycles. The highest BCUT2D eigenvalue weighted by atomic mass is 79.9. The van der Waals surface area contributed by atoms with Gasteiger partial charge in [-0.3, -0.25) is 0 Å². The Morgan fingerprint density at radius 3 is 1.33 bits per heavy atom. The highest BCUT2D eigenvalue weighted by molar-refractivity contribution is 9.10. The van der Waals surface area contributed by atoms with E-state index in [0.29, 0.717) is 11.3 Å². The quantitative estimate of drug-likeness (QED) is 0.192. The first-order valence-corrected chi connectivity index (χ1v) is 12.8. The Morgan fingerprint density at radius 1 is 0.528 bits per heavy atom. The first-order chi connectivity index (χ1) is 17.6. The van der Waals surface area contributed by atoms with Crippen LogP contribution in [0.5, 0.6) is 0 Å². The Balaban J connectivity index is 2.07. The van der Waals surface area contributed by atoms with E-state index in [4.69, 9.17) is 6.57 Å². The monoisotopic (exact) mass is 588 g/mol. The van der Waals surface area contributed by atoms with Gasteiger partial charge in [-0.15, -0.1) is 0 Å². The van der Waals surface area contributed by atoms with Crippen LogP contribution in [0, 0.1) is 17.9 Å². The van der Waals surface area contributed by atoms with E-state index in [1.54, 1.807) is 0 Å². The van der Waals surface area contributed by atoms with Gasteiger partial charge in [0.1, 0.15) is 0 Å². The van der Waals surface area contributed by atoms with Gasteiger partial charge in [0.2, 0.25) is 5.69 Å². The van der Waals surface area contributed by atoms with Gasteiger partial charge < -0.3 is 0 Å². The van der Waals surface area contributed by atoms with Crippen LogP contribution in [0.15, 0.2) is 118 Å². The Kier molecular flexibility index (Phi) is 6.83. The van der Waals surface area contributed by atoms with Crippen LogP contribution in [0.4, 0.5) is 5.69 Å². The fourth-order valence-corrected chi connectivity index (χ4v) is 5.08. The standard InChI is InChI=1S/C32H18Br2N2/c1-36-32-27(20-35)28(21-8-4-2-5-9-21)29(23-12-16-25(33)17-13-23)30(24-14-18-26(34)19-15-24)31(32)22-10-6-3-7-11-22/h2-19H. The molecule has 36 heavy (non-hydrogen) atoms. The van der Waals surface area contributed by atoms with Crippen molar-refractivity contribution in [3.8, 4) is 50.6 Å². The largest absolute Gasteiger partial charge is 0.236 e. The molecule has 0 aliphatic carbocycles. The van der Waals surface area contributed by atoms with Crippen LogP contribution < -0.4 is 0 Å². The number of nitrogens with zero attached hydrogens (tertiary/aromatic N) is 2. The van der Waals surface area contributed by atoms with Crippen molar-refractivity contribution in [3.63, 3.8) is 0 Å². The molecule has 0 atom stereocenters. The smallest absolute Gasteiger partial charge is 0.213 e. The summed E-state index contributed by atoms with van der Waals surface area (Å²) in [4.78, 5) is 3.97. The third-order valence-electron chi connectivity index (χ3n) is 6.09. The molecule has 0 fully saturated rings. The lowest BCUT2D eigenvalue weighted by atomic mass is 9.79. The maximum atomic E-state index is 10.5. The van der Waals surface area contributed by atoms with Crippen molar-refractivity contribution in [2.45, 2.75) is 0 Å². The summed E-state index contributed by atoms with van der Waals surface area (Å²) >= 11 is 7.12. The van der Waals surface area contributed by atoms with Crippen LogP contribution in [-0.2, 0) is 0 Å². The van der Waals surface area contributed by atoms with E-state index in [-0.39, 0.29) is 0 Å². The van der Waals surface area contributed by atoms with Crippen molar-refractivity contribution in [3.05, 3.63) is 135 Å². The number of hydrogen-bond acceptors (Lipinski definition) is 1. The molecule has 0 aliphatic heterocycles. The predicted molar refractivity (Wildman–Crippen MR) is 155 cm³/mol. The fraction of sp³-hybridized carbons (Fsp3) is 0. The van der Waals surface area contributed by atoms with Crippen LogP contribution >= 0.6 is 31.9 Å². The minimum Gasteiger partial charge on any atom is -0.236 e. The zero-order valence-corrected chi connectivity index (χ0v) is 22.2. The first kappa shape index (κ1) is 23.8. The summed E-state index contributed by atoms with van der Waals surface area (Å²) in [6.45, 7) is 8.19.